The highest BCUT2D eigenvalue weighted by atomic mass is 16.2. The number of carbonyl (C=O) groups is 2. The minimum atomic E-state index is -0.322. The van der Waals surface area contributed by atoms with E-state index < -0.39 is 0 Å². The molecule has 4 rings (SSSR count). The summed E-state index contributed by atoms with van der Waals surface area (Å²) in [5.41, 5.74) is 6.83. The number of benzene rings is 3. The third-order valence-electron chi connectivity index (χ3n) is 5.90. The first-order chi connectivity index (χ1) is 15.9. The van der Waals surface area contributed by atoms with Gasteiger partial charge in [-0.2, -0.15) is 0 Å². The molecule has 1 saturated heterocycles. The van der Waals surface area contributed by atoms with Crippen LogP contribution in [-0.2, 0) is 6.54 Å². The van der Waals surface area contributed by atoms with E-state index in [1.165, 1.54) is 16.7 Å². The lowest BCUT2D eigenvalue weighted by atomic mass is 10.0. The molecule has 4 amide bonds. The van der Waals surface area contributed by atoms with Crippen molar-refractivity contribution < 1.29 is 9.59 Å². The summed E-state index contributed by atoms with van der Waals surface area (Å²) in [5, 5.41) is 5.69. The quantitative estimate of drug-likeness (QED) is 0.502. The van der Waals surface area contributed by atoms with Crippen molar-refractivity contribution in [2.45, 2.75) is 33.7 Å². The summed E-state index contributed by atoms with van der Waals surface area (Å²) < 4.78 is 0. The van der Waals surface area contributed by atoms with E-state index in [1.807, 2.05) is 60.4 Å². The number of hydrogen-bond donors (Lipinski definition) is 2. The Kier molecular flexibility index (Phi) is 6.63. The van der Waals surface area contributed by atoms with Crippen LogP contribution < -0.4 is 15.5 Å². The highest BCUT2D eigenvalue weighted by Crippen LogP contribution is 2.25. The van der Waals surface area contributed by atoms with Crippen molar-refractivity contribution in [3.63, 3.8) is 0 Å². The van der Waals surface area contributed by atoms with Crippen molar-refractivity contribution in [1.29, 1.82) is 0 Å². The molecule has 6 heteroatoms. The Morgan fingerprint density at radius 2 is 1.58 bits per heavy atom. The lowest BCUT2D eigenvalue weighted by Crippen LogP contribution is -2.49. The summed E-state index contributed by atoms with van der Waals surface area (Å²) in [5.74, 6) is 0. The van der Waals surface area contributed by atoms with E-state index in [2.05, 4.69) is 42.7 Å². The van der Waals surface area contributed by atoms with Crippen LogP contribution in [0, 0.1) is 20.8 Å². The largest absolute Gasteiger partial charge is 0.324 e. The van der Waals surface area contributed by atoms with E-state index in [9.17, 15) is 9.59 Å². The molecule has 0 bridgehead atoms. The number of urea groups is 2. The SMILES string of the molecule is Cc1ccc(NC(=O)Nc2cccc(N3CCCN(Cc4cc(C)ccc4C)C3=O)c2)cc1. The third kappa shape index (κ3) is 5.52. The van der Waals surface area contributed by atoms with Gasteiger partial charge in [0.05, 0.1) is 0 Å². The monoisotopic (exact) mass is 442 g/mol. The van der Waals surface area contributed by atoms with Crippen molar-refractivity contribution >= 4 is 29.1 Å². The molecule has 6 nitrogen and oxygen atoms in total. The lowest BCUT2D eigenvalue weighted by Gasteiger charge is -2.36. The molecule has 0 atom stereocenters. The van der Waals surface area contributed by atoms with Gasteiger partial charge in [-0.1, -0.05) is 47.5 Å². The molecular formula is C27H30N4O2. The first-order valence-corrected chi connectivity index (χ1v) is 11.3. The van der Waals surface area contributed by atoms with Gasteiger partial charge in [-0.3, -0.25) is 4.90 Å². The maximum absolute atomic E-state index is 13.3. The molecule has 3 aromatic rings. The molecule has 170 valence electrons. The van der Waals surface area contributed by atoms with Crippen LogP contribution in [0.25, 0.3) is 0 Å². The van der Waals surface area contributed by atoms with Crippen LogP contribution in [0.15, 0.2) is 66.7 Å². The Morgan fingerprint density at radius 3 is 2.36 bits per heavy atom. The fraction of sp³-hybridized carbons (Fsp3) is 0.259. The highest BCUT2D eigenvalue weighted by molar-refractivity contribution is 6.00. The standard InChI is InChI=1S/C27H30N4O2/c1-19-9-12-23(13-10-19)28-26(32)29-24-6-4-7-25(17-24)31-15-5-14-30(27(31)33)18-22-16-20(2)8-11-21(22)3/h4,6-13,16-17H,5,14-15,18H2,1-3H3,(H2,28,29,32). The van der Waals surface area contributed by atoms with E-state index in [0.717, 1.165) is 29.9 Å². The van der Waals surface area contributed by atoms with Crippen LogP contribution in [0.5, 0.6) is 0 Å². The second-order valence-corrected chi connectivity index (χ2v) is 8.63. The average molecular weight is 443 g/mol. The van der Waals surface area contributed by atoms with Gasteiger partial charge < -0.3 is 15.5 Å². The van der Waals surface area contributed by atoms with Crippen LogP contribution in [0.2, 0.25) is 0 Å². The Balaban J connectivity index is 1.44. The van der Waals surface area contributed by atoms with Crippen molar-refractivity contribution in [3.05, 3.63) is 89.0 Å². The fourth-order valence-corrected chi connectivity index (χ4v) is 4.03. The van der Waals surface area contributed by atoms with Gasteiger partial charge in [-0.15, -0.1) is 0 Å². The van der Waals surface area contributed by atoms with E-state index >= 15 is 0 Å². The summed E-state index contributed by atoms with van der Waals surface area (Å²) >= 11 is 0. The molecular weight excluding hydrogens is 412 g/mol. The maximum Gasteiger partial charge on any atom is 0.324 e. The molecule has 1 heterocycles. The second kappa shape index (κ2) is 9.77. The molecule has 0 radical (unpaired) electrons. The highest BCUT2D eigenvalue weighted by Gasteiger charge is 2.27. The van der Waals surface area contributed by atoms with Crippen molar-refractivity contribution in [3.8, 4) is 0 Å². The van der Waals surface area contributed by atoms with Gasteiger partial charge in [0.25, 0.3) is 0 Å². The second-order valence-electron chi connectivity index (χ2n) is 8.63. The summed E-state index contributed by atoms with van der Waals surface area (Å²) in [6, 6.07) is 21.1. The smallest absolute Gasteiger partial charge is 0.320 e. The minimum absolute atomic E-state index is 0.0107. The first-order valence-electron chi connectivity index (χ1n) is 11.3. The molecule has 3 aromatic carbocycles. The molecule has 1 aliphatic rings. The number of hydrogen-bond acceptors (Lipinski definition) is 2. The Labute approximate surface area is 195 Å². The number of anilines is 3. The Morgan fingerprint density at radius 1 is 0.848 bits per heavy atom. The molecule has 1 aliphatic heterocycles. The summed E-state index contributed by atoms with van der Waals surface area (Å²) in [6.45, 7) is 8.14. The number of nitrogens with one attached hydrogen (secondary N) is 2. The van der Waals surface area contributed by atoms with Crippen LogP contribution >= 0.6 is 0 Å². The zero-order valence-corrected chi connectivity index (χ0v) is 19.4. The van der Waals surface area contributed by atoms with Crippen LogP contribution in [0.1, 0.15) is 28.7 Å². The number of amides is 4. The van der Waals surface area contributed by atoms with Gasteiger partial charge in [0.2, 0.25) is 0 Å². The van der Waals surface area contributed by atoms with E-state index in [4.69, 9.17) is 0 Å². The van der Waals surface area contributed by atoms with Gasteiger partial charge in [-0.25, -0.2) is 9.59 Å². The summed E-state index contributed by atoms with van der Waals surface area (Å²) in [6.07, 6.45) is 0.891. The van der Waals surface area contributed by atoms with Gasteiger partial charge in [-0.05, 0) is 68.7 Å². The number of carbonyl (C=O) groups excluding carboxylic acids is 2. The molecule has 0 unspecified atom stereocenters. The molecule has 0 spiro atoms. The van der Waals surface area contributed by atoms with Crippen LogP contribution in [0.4, 0.5) is 26.7 Å². The summed E-state index contributed by atoms with van der Waals surface area (Å²) in [7, 11) is 0. The molecule has 0 aromatic heterocycles. The normalized spacial score (nSPS) is 13.7. The van der Waals surface area contributed by atoms with E-state index in [-0.39, 0.29) is 12.1 Å². The maximum atomic E-state index is 13.3. The topological polar surface area (TPSA) is 64.7 Å². The van der Waals surface area contributed by atoms with E-state index in [1.54, 1.807) is 4.90 Å². The van der Waals surface area contributed by atoms with E-state index in [0.29, 0.717) is 18.8 Å². The zero-order chi connectivity index (χ0) is 23.4. The van der Waals surface area contributed by atoms with Crippen LogP contribution in [-0.4, -0.2) is 30.1 Å². The van der Waals surface area contributed by atoms with Crippen molar-refractivity contribution in [1.82, 2.24) is 4.90 Å². The zero-order valence-electron chi connectivity index (χ0n) is 19.4. The summed E-state index contributed by atoms with van der Waals surface area (Å²) in [4.78, 5) is 29.4. The average Bonchev–Trinajstić information content (AvgIpc) is 2.79. The number of aryl methyl sites for hydroxylation is 3. The molecule has 33 heavy (non-hydrogen) atoms. The van der Waals surface area contributed by atoms with Gasteiger partial charge in [0, 0.05) is 36.7 Å². The number of nitrogens with zero attached hydrogens (tertiary/aromatic N) is 2. The van der Waals surface area contributed by atoms with Crippen molar-refractivity contribution in [2.24, 2.45) is 0 Å². The van der Waals surface area contributed by atoms with Gasteiger partial charge in [0.1, 0.15) is 0 Å². The van der Waals surface area contributed by atoms with Gasteiger partial charge in [0.15, 0.2) is 0 Å². The third-order valence-corrected chi connectivity index (χ3v) is 5.90. The molecule has 0 aliphatic carbocycles. The lowest BCUT2D eigenvalue weighted by molar-refractivity contribution is 0.192. The van der Waals surface area contributed by atoms with Crippen molar-refractivity contribution in [2.75, 3.05) is 28.6 Å². The Bertz CT molecular complexity index is 1160. The molecule has 1 fully saturated rings. The van der Waals surface area contributed by atoms with Gasteiger partial charge >= 0.3 is 12.1 Å². The molecule has 0 saturated carbocycles. The predicted octanol–water partition coefficient (Wildman–Crippen LogP) is 6.09. The Hall–Kier alpha value is -3.80. The first kappa shape index (κ1) is 22.4. The number of rotatable bonds is 5. The fourth-order valence-electron chi connectivity index (χ4n) is 4.03. The van der Waals surface area contributed by atoms with Crippen LogP contribution in [0.3, 0.4) is 0 Å². The minimum Gasteiger partial charge on any atom is -0.320 e. The molecule has 2 N–H and O–H groups in total. The predicted molar refractivity (Wildman–Crippen MR) is 134 cm³/mol.